The Balaban J connectivity index is 1.64. The van der Waals surface area contributed by atoms with E-state index in [1.165, 1.54) is 63.1 Å². The summed E-state index contributed by atoms with van der Waals surface area (Å²) in [7, 11) is 0. The maximum atomic E-state index is 13.4. The highest BCUT2D eigenvalue weighted by molar-refractivity contribution is 8.26. The van der Waals surface area contributed by atoms with Crippen LogP contribution in [0.2, 0.25) is 0 Å². The minimum atomic E-state index is -0.192. The smallest absolute Gasteiger partial charge is 0.267 e. The third-order valence-electron chi connectivity index (χ3n) is 6.51. The number of thiocarbonyl (C=S) groups is 1. The minimum absolute atomic E-state index is 0.115. The van der Waals surface area contributed by atoms with Gasteiger partial charge in [-0.05, 0) is 37.5 Å². The number of amides is 1. The monoisotopic (exact) mass is 528 g/mol. The van der Waals surface area contributed by atoms with E-state index in [-0.39, 0.29) is 11.5 Å². The molecule has 8 heteroatoms. The quantitative estimate of drug-likeness (QED) is 0.153. The fourth-order valence-electron chi connectivity index (χ4n) is 4.40. The molecule has 1 amide bonds. The molecule has 0 bridgehead atoms. The molecule has 0 aliphatic carbocycles. The zero-order valence-electron chi connectivity index (χ0n) is 22.0. The van der Waals surface area contributed by atoms with Crippen molar-refractivity contribution < 1.29 is 4.79 Å². The normalized spacial score (nSPS) is 15.0. The van der Waals surface area contributed by atoms with Crippen molar-refractivity contribution in [2.75, 3.05) is 18.4 Å². The van der Waals surface area contributed by atoms with E-state index in [2.05, 4.69) is 19.2 Å². The van der Waals surface area contributed by atoms with Crippen molar-refractivity contribution in [2.45, 2.75) is 91.4 Å². The minimum Gasteiger partial charge on any atom is -0.369 e. The zero-order chi connectivity index (χ0) is 25.9. The number of carbonyl (C=O) groups excluding carboxylic acids is 1. The van der Waals surface area contributed by atoms with Crippen LogP contribution in [0.15, 0.2) is 28.0 Å². The zero-order valence-corrected chi connectivity index (χ0v) is 23.6. The first-order chi connectivity index (χ1) is 17.5. The molecule has 0 aromatic carbocycles. The molecule has 36 heavy (non-hydrogen) atoms. The van der Waals surface area contributed by atoms with Gasteiger partial charge in [-0.3, -0.25) is 18.9 Å². The number of fused-ring (bicyclic) bond motifs is 1. The Kier molecular flexibility index (Phi) is 11.5. The Hall–Kier alpha value is -2.19. The van der Waals surface area contributed by atoms with E-state index in [1.807, 2.05) is 19.1 Å². The Labute approximate surface area is 224 Å². The first-order valence-corrected chi connectivity index (χ1v) is 14.7. The molecule has 1 N–H and O–H groups in total. The van der Waals surface area contributed by atoms with Gasteiger partial charge >= 0.3 is 0 Å². The summed E-state index contributed by atoms with van der Waals surface area (Å²) in [6.45, 7) is 7.56. The van der Waals surface area contributed by atoms with E-state index >= 15 is 0 Å². The molecular formula is C28H40N4O2S2. The molecule has 6 nitrogen and oxygen atoms in total. The van der Waals surface area contributed by atoms with E-state index in [0.29, 0.717) is 39.3 Å². The number of pyridine rings is 1. The molecule has 1 saturated heterocycles. The number of anilines is 1. The average molecular weight is 529 g/mol. The van der Waals surface area contributed by atoms with Gasteiger partial charge in [-0.25, -0.2) is 4.98 Å². The highest BCUT2D eigenvalue weighted by Crippen LogP contribution is 2.33. The van der Waals surface area contributed by atoms with Gasteiger partial charge in [-0.1, -0.05) is 102 Å². The van der Waals surface area contributed by atoms with Crippen molar-refractivity contribution in [1.29, 1.82) is 0 Å². The third-order valence-corrected chi connectivity index (χ3v) is 7.89. The fourth-order valence-corrected chi connectivity index (χ4v) is 5.69. The van der Waals surface area contributed by atoms with Gasteiger partial charge in [0.2, 0.25) is 0 Å². The number of nitrogens with zero attached hydrogens (tertiary/aromatic N) is 3. The number of nitrogens with one attached hydrogen (secondary N) is 1. The lowest BCUT2D eigenvalue weighted by atomic mass is 10.1. The van der Waals surface area contributed by atoms with E-state index in [1.54, 1.807) is 21.6 Å². The molecule has 3 heterocycles. The predicted octanol–water partition coefficient (Wildman–Crippen LogP) is 6.95. The first kappa shape index (κ1) is 28.4. The van der Waals surface area contributed by atoms with Gasteiger partial charge < -0.3 is 5.32 Å². The number of hydrogen-bond acceptors (Lipinski definition) is 6. The van der Waals surface area contributed by atoms with Crippen LogP contribution in [0.25, 0.3) is 11.7 Å². The van der Waals surface area contributed by atoms with Crippen molar-refractivity contribution in [3.63, 3.8) is 0 Å². The summed E-state index contributed by atoms with van der Waals surface area (Å²) in [5.74, 6) is 0.396. The summed E-state index contributed by atoms with van der Waals surface area (Å²) >= 11 is 6.80. The summed E-state index contributed by atoms with van der Waals surface area (Å²) in [5.41, 5.74) is 1.74. The van der Waals surface area contributed by atoms with E-state index in [0.717, 1.165) is 24.8 Å². The molecule has 2 aromatic heterocycles. The van der Waals surface area contributed by atoms with Gasteiger partial charge in [0, 0.05) is 19.3 Å². The second-order valence-electron chi connectivity index (χ2n) is 9.51. The van der Waals surface area contributed by atoms with Crippen LogP contribution in [-0.2, 0) is 4.79 Å². The van der Waals surface area contributed by atoms with Crippen LogP contribution in [0, 0.1) is 6.92 Å². The number of rotatable bonds is 15. The number of thioether (sulfide) groups is 1. The maximum Gasteiger partial charge on any atom is 0.267 e. The van der Waals surface area contributed by atoms with Crippen LogP contribution in [0.3, 0.4) is 0 Å². The van der Waals surface area contributed by atoms with Crippen molar-refractivity contribution in [3.8, 4) is 0 Å². The van der Waals surface area contributed by atoms with E-state index < -0.39 is 0 Å². The summed E-state index contributed by atoms with van der Waals surface area (Å²) in [5, 5.41) is 3.27. The van der Waals surface area contributed by atoms with Crippen LogP contribution in [0.4, 0.5) is 5.82 Å². The molecule has 0 atom stereocenters. The van der Waals surface area contributed by atoms with Crippen molar-refractivity contribution in [2.24, 2.45) is 0 Å². The molecule has 0 radical (unpaired) electrons. The Morgan fingerprint density at radius 1 is 1.00 bits per heavy atom. The number of unbranched alkanes of at least 4 members (excludes halogenated alkanes) is 9. The maximum absolute atomic E-state index is 13.4. The highest BCUT2D eigenvalue weighted by Gasteiger charge is 2.32. The lowest BCUT2D eigenvalue weighted by Crippen LogP contribution is -2.29. The first-order valence-electron chi connectivity index (χ1n) is 13.5. The topological polar surface area (TPSA) is 66.7 Å². The lowest BCUT2D eigenvalue weighted by Gasteiger charge is -2.14. The van der Waals surface area contributed by atoms with Crippen LogP contribution < -0.4 is 10.9 Å². The summed E-state index contributed by atoms with van der Waals surface area (Å²) in [6.07, 6.45) is 16.8. The molecule has 3 rings (SSSR count). The van der Waals surface area contributed by atoms with Gasteiger partial charge in [0.25, 0.3) is 11.5 Å². The van der Waals surface area contributed by atoms with E-state index in [4.69, 9.17) is 17.2 Å². The van der Waals surface area contributed by atoms with Gasteiger partial charge in [0.05, 0.1) is 10.5 Å². The standard InChI is InChI=1S/C28H40N4O2S2/c1-4-6-7-8-9-10-11-12-13-14-18-32-27(34)23(36-28(32)35)20-22-24(29-17-5-2)30-25-21(3)16-15-19-31(25)26(22)33/h15-16,19-20,29H,4-14,17-18H2,1-3H3/b23-20+. The van der Waals surface area contributed by atoms with Gasteiger partial charge in [-0.2, -0.15) is 0 Å². The molecular weight excluding hydrogens is 488 g/mol. The molecule has 196 valence electrons. The predicted molar refractivity (Wildman–Crippen MR) is 157 cm³/mol. The summed E-state index contributed by atoms with van der Waals surface area (Å²) in [4.78, 5) is 33.4. The lowest BCUT2D eigenvalue weighted by molar-refractivity contribution is -0.122. The highest BCUT2D eigenvalue weighted by atomic mass is 32.2. The van der Waals surface area contributed by atoms with Crippen LogP contribution >= 0.6 is 24.0 Å². The number of aromatic nitrogens is 2. The molecule has 0 spiro atoms. The number of aryl methyl sites for hydroxylation is 1. The average Bonchev–Trinajstić information content (AvgIpc) is 3.13. The van der Waals surface area contributed by atoms with Gasteiger partial charge in [0.15, 0.2) is 0 Å². The summed E-state index contributed by atoms with van der Waals surface area (Å²) in [6, 6.07) is 3.77. The Morgan fingerprint density at radius 2 is 1.67 bits per heavy atom. The molecule has 0 saturated carbocycles. The second kappa shape index (κ2) is 14.5. The SMILES string of the molecule is CCCCCCCCCCCCN1C(=O)/C(=C\c2c(NCCC)nc3c(C)cccn3c2=O)SC1=S. The fraction of sp³-hybridized carbons (Fsp3) is 0.571. The Bertz CT molecular complexity index is 1140. The van der Waals surface area contributed by atoms with Gasteiger partial charge in [-0.15, -0.1) is 0 Å². The molecule has 1 aliphatic rings. The van der Waals surface area contributed by atoms with E-state index in [9.17, 15) is 9.59 Å². The van der Waals surface area contributed by atoms with Crippen LogP contribution in [0.1, 0.15) is 95.6 Å². The number of hydrogen-bond donors (Lipinski definition) is 1. The van der Waals surface area contributed by atoms with Crippen LogP contribution in [0.5, 0.6) is 0 Å². The molecule has 1 fully saturated rings. The number of carbonyl (C=O) groups is 1. The van der Waals surface area contributed by atoms with Crippen LogP contribution in [-0.4, -0.2) is 37.6 Å². The third kappa shape index (κ3) is 7.42. The van der Waals surface area contributed by atoms with Gasteiger partial charge in [0.1, 0.15) is 15.8 Å². The van der Waals surface area contributed by atoms with Crippen molar-refractivity contribution in [1.82, 2.24) is 14.3 Å². The second-order valence-corrected chi connectivity index (χ2v) is 11.2. The van der Waals surface area contributed by atoms with Crippen molar-refractivity contribution >= 4 is 51.7 Å². The summed E-state index contributed by atoms with van der Waals surface area (Å²) < 4.78 is 2.11. The Morgan fingerprint density at radius 3 is 2.33 bits per heavy atom. The largest absolute Gasteiger partial charge is 0.369 e. The van der Waals surface area contributed by atoms with Crippen molar-refractivity contribution in [3.05, 3.63) is 44.7 Å². The molecule has 1 aliphatic heterocycles. The molecule has 0 unspecified atom stereocenters. The molecule has 2 aromatic rings.